The number of aldehydes is 1. The van der Waals surface area contributed by atoms with Crippen LogP contribution >= 0.6 is 0 Å². The minimum absolute atomic E-state index is 0.334. The van der Waals surface area contributed by atoms with Gasteiger partial charge in [0.25, 0.3) is 0 Å². The first-order valence-electron chi connectivity index (χ1n) is 11.2. The summed E-state index contributed by atoms with van der Waals surface area (Å²) >= 11 is 0. The molecule has 1 N–H and O–H groups in total. The molecule has 0 aliphatic carbocycles. The molecule has 0 unspecified atom stereocenters. The Hall–Kier alpha value is -1.68. The fourth-order valence-electron chi connectivity index (χ4n) is 2.89. The monoisotopic (exact) mass is 407 g/mol. The molecule has 0 saturated carbocycles. The number of carbonyl (C=O) groups is 2. The van der Waals surface area contributed by atoms with Crippen LogP contribution in [0.5, 0.6) is 0 Å². The lowest BCUT2D eigenvalue weighted by Gasteiger charge is -2.17. The van der Waals surface area contributed by atoms with E-state index in [0.717, 1.165) is 26.2 Å². The Morgan fingerprint density at radius 3 is 1.90 bits per heavy atom. The first-order valence-corrected chi connectivity index (χ1v) is 11.2. The third kappa shape index (κ3) is 19.4. The fourth-order valence-corrected chi connectivity index (χ4v) is 2.89. The summed E-state index contributed by atoms with van der Waals surface area (Å²) in [6.45, 7) is 10.3. The zero-order chi connectivity index (χ0) is 22.3. The average molecular weight is 408 g/mol. The van der Waals surface area contributed by atoms with Crippen molar-refractivity contribution in [2.75, 3.05) is 25.1 Å². The quantitative estimate of drug-likeness (QED) is 0.395. The predicted molar refractivity (Wildman–Crippen MR) is 126 cm³/mol. The molecule has 1 aliphatic rings. The number of nitrogens with zero attached hydrogens (tertiary/aromatic N) is 1. The Morgan fingerprint density at radius 2 is 1.45 bits per heavy atom. The number of rotatable bonds is 9. The first kappa shape index (κ1) is 29.5. The topological polar surface area (TPSA) is 57.6 Å². The van der Waals surface area contributed by atoms with Gasteiger partial charge in [-0.25, -0.2) is 0 Å². The van der Waals surface area contributed by atoms with Gasteiger partial charge in [0.05, 0.1) is 0 Å². The summed E-state index contributed by atoms with van der Waals surface area (Å²) < 4.78 is 0. The molecule has 1 fully saturated rings. The maximum absolute atomic E-state index is 10.5. The van der Waals surface area contributed by atoms with Crippen molar-refractivity contribution in [2.24, 2.45) is 0 Å². The summed E-state index contributed by atoms with van der Waals surface area (Å²) in [5.41, 5.74) is 2.73. The van der Waals surface area contributed by atoms with Crippen LogP contribution in [0.15, 0.2) is 24.3 Å². The molecule has 29 heavy (non-hydrogen) atoms. The highest BCUT2D eigenvalue weighted by Crippen LogP contribution is 2.19. The van der Waals surface area contributed by atoms with Crippen molar-refractivity contribution >= 4 is 17.8 Å². The Labute approximate surface area is 179 Å². The van der Waals surface area contributed by atoms with Crippen molar-refractivity contribution in [3.05, 3.63) is 29.8 Å². The molecule has 0 spiro atoms. The van der Waals surface area contributed by atoms with Crippen LogP contribution in [-0.4, -0.2) is 37.4 Å². The zero-order valence-corrected chi connectivity index (χ0v) is 19.6. The van der Waals surface area contributed by atoms with E-state index >= 15 is 0 Å². The molecule has 2 rings (SSSR count). The molecule has 1 aromatic rings. The zero-order valence-electron chi connectivity index (χ0n) is 19.6. The van der Waals surface area contributed by atoms with Crippen LogP contribution in [-0.2, 0) is 9.59 Å². The van der Waals surface area contributed by atoms with E-state index in [-0.39, 0.29) is 0 Å². The number of Topliss-reactive ketones (excluding diaryl/α,β-unsaturated/α-hetero) is 1. The van der Waals surface area contributed by atoms with Gasteiger partial charge in [-0.05, 0) is 45.2 Å². The van der Waals surface area contributed by atoms with Gasteiger partial charge in [-0.15, -0.1) is 0 Å². The van der Waals surface area contributed by atoms with E-state index in [4.69, 9.17) is 5.11 Å². The molecule has 4 nitrogen and oxygen atoms in total. The number of aliphatic hydroxyl groups is 1. The number of aryl methyl sites for hydroxylation is 1. The second-order valence-corrected chi connectivity index (χ2v) is 7.32. The summed E-state index contributed by atoms with van der Waals surface area (Å²) in [4.78, 5) is 22.2. The van der Waals surface area contributed by atoms with E-state index in [1.54, 1.807) is 6.92 Å². The van der Waals surface area contributed by atoms with Crippen LogP contribution in [0.2, 0.25) is 0 Å². The third-order valence-corrected chi connectivity index (χ3v) is 4.55. The van der Waals surface area contributed by atoms with Gasteiger partial charge in [0.1, 0.15) is 12.1 Å². The highest BCUT2D eigenvalue weighted by Gasteiger charge is 2.10. The standard InChI is InChI=1S/C11H15N.C10H20O.C3H6O.CH4O/c1-10-4-6-11(7-5-10)12-8-2-3-9-12;1-3-4-5-6-7-8-9-10(2)11;1-2-3-4;1-2/h4-7H,2-3,8-9H2,1H3;3-9H2,1-2H3;3H,2H2,1H3;2H,1H3. The van der Waals surface area contributed by atoms with Crippen LogP contribution in [0, 0.1) is 6.92 Å². The number of unbranched alkanes of at least 4 members (excludes halogenated alkanes) is 5. The third-order valence-electron chi connectivity index (χ3n) is 4.55. The maximum atomic E-state index is 10.5. The summed E-state index contributed by atoms with van der Waals surface area (Å²) in [6, 6.07) is 8.82. The normalized spacial score (nSPS) is 11.9. The van der Waals surface area contributed by atoms with Gasteiger partial charge in [-0.1, -0.05) is 63.6 Å². The Bertz CT molecular complexity index is 479. The Morgan fingerprint density at radius 1 is 0.966 bits per heavy atom. The molecule has 4 heteroatoms. The van der Waals surface area contributed by atoms with Crippen molar-refractivity contribution < 1.29 is 14.7 Å². The minimum atomic E-state index is 0.334. The van der Waals surface area contributed by atoms with Crippen LogP contribution in [0.4, 0.5) is 5.69 Å². The van der Waals surface area contributed by atoms with E-state index in [2.05, 4.69) is 43.0 Å². The van der Waals surface area contributed by atoms with Crippen molar-refractivity contribution in [1.82, 2.24) is 0 Å². The SMILES string of the molecule is CCC=O.CCCCCCCCC(C)=O.CO.Cc1ccc(N2CCCC2)cc1. The predicted octanol–water partition coefficient (Wildman–Crippen LogP) is 6.13. The van der Waals surface area contributed by atoms with Crippen molar-refractivity contribution in [3.8, 4) is 0 Å². The molecule has 0 atom stereocenters. The lowest BCUT2D eigenvalue weighted by molar-refractivity contribution is -0.117. The van der Waals surface area contributed by atoms with Gasteiger partial charge in [-0.2, -0.15) is 0 Å². The fraction of sp³-hybridized carbons (Fsp3) is 0.680. The van der Waals surface area contributed by atoms with Gasteiger partial charge >= 0.3 is 0 Å². The molecule has 1 heterocycles. The molecule has 168 valence electrons. The second kappa shape index (κ2) is 22.6. The molecule has 1 saturated heterocycles. The molecule has 1 aromatic carbocycles. The number of hydrogen-bond donors (Lipinski definition) is 1. The summed E-state index contributed by atoms with van der Waals surface area (Å²) in [5, 5.41) is 7.00. The number of aliphatic hydroxyl groups excluding tert-OH is 1. The number of anilines is 1. The molecule has 0 bridgehead atoms. The summed E-state index contributed by atoms with van der Waals surface area (Å²) in [5.74, 6) is 0.334. The Balaban J connectivity index is 0. The van der Waals surface area contributed by atoms with Crippen LogP contribution < -0.4 is 4.90 Å². The van der Waals surface area contributed by atoms with E-state index in [1.165, 1.54) is 69.3 Å². The van der Waals surface area contributed by atoms with Crippen LogP contribution in [0.25, 0.3) is 0 Å². The summed E-state index contributed by atoms with van der Waals surface area (Å²) in [7, 11) is 1.00. The van der Waals surface area contributed by atoms with Gasteiger partial charge in [0, 0.05) is 38.7 Å². The van der Waals surface area contributed by atoms with E-state index in [0.29, 0.717) is 12.2 Å². The molecule has 1 aliphatic heterocycles. The number of benzene rings is 1. The largest absolute Gasteiger partial charge is 0.400 e. The molecule has 0 aromatic heterocycles. The number of carbonyl (C=O) groups excluding carboxylic acids is 2. The minimum Gasteiger partial charge on any atom is -0.400 e. The average Bonchev–Trinajstić information content (AvgIpc) is 3.28. The van der Waals surface area contributed by atoms with Crippen LogP contribution in [0.1, 0.15) is 90.5 Å². The molecule has 0 radical (unpaired) electrons. The van der Waals surface area contributed by atoms with Gasteiger partial charge in [0.15, 0.2) is 0 Å². The lowest BCUT2D eigenvalue weighted by atomic mass is 10.1. The van der Waals surface area contributed by atoms with E-state index < -0.39 is 0 Å². The van der Waals surface area contributed by atoms with E-state index in [9.17, 15) is 9.59 Å². The van der Waals surface area contributed by atoms with Crippen molar-refractivity contribution in [1.29, 1.82) is 0 Å². The number of hydrogen-bond acceptors (Lipinski definition) is 4. The lowest BCUT2D eigenvalue weighted by Crippen LogP contribution is -2.17. The van der Waals surface area contributed by atoms with Gasteiger partial charge in [-0.3, -0.25) is 0 Å². The molecular formula is C25H45NO3. The second-order valence-electron chi connectivity index (χ2n) is 7.32. The van der Waals surface area contributed by atoms with Gasteiger partial charge < -0.3 is 19.6 Å². The van der Waals surface area contributed by atoms with Crippen molar-refractivity contribution in [2.45, 2.75) is 91.9 Å². The summed E-state index contributed by atoms with van der Waals surface area (Å²) in [6.07, 6.45) is 12.6. The maximum Gasteiger partial charge on any atom is 0.129 e. The smallest absolute Gasteiger partial charge is 0.129 e. The van der Waals surface area contributed by atoms with Crippen LogP contribution in [0.3, 0.4) is 0 Å². The highest BCUT2D eigenvalue weighted by atomic mass is 16.2. The van der Waals surface area contributed by atoms with Gasteiger partial charge in [0.2, 0.25) is 0 Å². The molecule has 0 amide bonds. The molecular weight excluding hydrogens is 362 g/mol. The first-order chi connectivity index (χ1) is 14.0. The number of ketones is 1. The van der Waals surface area contributed by atoms with E-state index in [1.807, 2.05) is 6.92 Å². The van der Waals surface area contributed by atoms with Crippen molar-refractivity contribution in [3.63, 3.8) is 0 Å². The Kier molecular flexibility index (Phi) is 23.0. The highest BCUT2D eigenvalue weighted by molar-refractivity contribution is 5.75.